The molecule has 0 aromatic carbocycles. The molecule has 4 rings (SSSR count). The van der Waals surface area contributed by atoms with Crippen LogP contribution in [0.3, 0.4) is 0 Å². The van der Waals surface area contributed by atoms with E-state index in [-0.39, 0.29) is 35.0 Å². The van der Waals surface area contributed by atoms with Gasteiger partial charge in [-0.25, -0.2) is 0 Å². The van der Waals surface area contributed by atoms with E-state index in [4.69, 9.17) is 9.47 Å². The Morgan fingerprint density at radius 1 is 0.944 bits per heavy atom. The van der Waals surface area contributed by atoms with Gasteiger partial charge in [-0.2, -0.15) is 0 Å². The Bertz CT molecular complexity index is 843. The quantitative estimate of drug-likeness (QED) is 0.343. The Kier molecular flexibility index (Phi) is 8.54. The van der Waals surface area contributed by atoms with Crippen LogP contribution in [0.5, 0.6) is 0 Å². The topological polar surface area (TPSA) is 69.7 Å². The molecule has 5 nitrogen and oxygen atoms in total. The molecular weight excluding hydrogens is 472 g/mol. The Balaban J connectivity index is 1.56. The number of hydrogen-bond donors (Lipinski definition) is 0. The van der Waals surface area contributed by atoms with Crippen LogP contribution in [0.25, 0.3) is 0 Å². The highest BCUT2D eigenvalue weighted by Gasteiger charge is 2.65. The monoisotopic (exact) mass is 520 g/mol. The van der Waals surface area contributed by atoms with Crippen LogP contribution in [0.15, 0.2) is 0 Å². The van der Waals surface area contributed by atoms with Gasteiger partial charge in [-0.3, -0.25) is 14.4 Å². The molecule has 36 heavy (non-hydrogen) atoms. The third kappa shape index (κ3) is 5.14. The zero-order valence-electron chi connectivity index (χ0n) is 23.3. The summed E-state index contributed by atoms with van der Waals surface area (Å²) in [6, 6.07) is 0. The number of rotatable bonds is 7. The highest BCUT2D eigenvalue weighted by Crippen LogP contribution is 2.69. The Hall–Kier alpha value is -1.04. The van der Waals surface area contributed by atoms with Crippen molar-refractivity contribution >= 4 is 28.8 Å². The lowest BCUT2D eigenvalue weighted by Crippen LogP contribution is -2.59. The van der Waals surface area contributed by atoms with Crippen LogP contribution in [-0.2, 0) is 23.9 Å². The molecule has 0 aromatic rings. The van der Waals surface area contributed by atoms with Gasteiger partial charge >= 0.3 is 11.9 Å². The first kappa shape index (κ1) is 28.0. The van der Waals surface area contributed by atoms with E-state index in [1.807, 2.05) is 6.92 Å². The molecule has 4 saturated carbocycles. The predicted octanol–water partition coefficient (Wildman–Crippen LogP) is 6.81. The number of hydrogen-bond acceptors (Lipinski definition) is 6. The summed E-state index contributed by atoms with van der Waals surface area (Å²) in [5.41, 5.74) is 0.193. The van der Waals surface area contributed by atoms with Gasteiger partial charge in [0.15, 0.2) is 5.12 Å². The second kappa shape index (κ2) is 11.0. The Morgan fingerprint density at radius 3 is 2.33 bits per heavy atom. The van der Waals surface area contributed by atoms with Crippen molar-refractivity contribution in [2.75, 3.05) is 5.75 Å². The smallest absolute Gasteiger partial charge is 0.302 e. The molecule has 10 unspecified atom stereocenters. The Labute approximate surface area is 222 Å². The van der Waals surface area contributed by atoms with Gasteiger partial charge in [0.25, 0.3) is 0 Å². The SMILES string of the molecule is CCSC(=O)CCC(C)C1CCC2C3CCC4CC(OC(C)=O)CCC4(C)C3CC(OC(C)=O)C12C. The van der Waals surface area contributed by atoms with Crippen LogP contribution in [0.2, 0.25) is 0 Å². The largest absolute Gasteiger partial charge is 0.463 e. The van der Waals surface area contributed by atoms with E-state index >= 15 is 0 Å². The van der Waals surface area contributed by atoms with Crippen molar-refractivity contribution in [3.8, 4) is 0 Å². The molecule has 0 N–H and O–H groups in total. The lowest BCUT2D eigenvalue weighted by atomic mass is 9.43. The molecule has 10 atom stereocenters. The fourth-order valence-corrected chi connectivity index (χ4v) is 10.2. The van der Waals surface area contributed by atoms with Gasteiger partial charge in [-0.1, -0.05) is 39.5 Å². The van der Waals surface area contributed by atoms with Crippen molar-refractivity contribution < 1.29 is 23.9 Å². The highest BCUT2D eigenvalue weighted by atomic mass is 32.2. The lowest BCUT2D eigenvalue weighted by molar-refractivity contribution is -0.197. The minimum atomic E-state index is -0.165. The predicted molar refractivity (Wildman–Crippen MR) is 143 cm³/mol. The van der Waals surface area contributed by atoms with Gasteiger partial charge in [-0.05, 0) is 104 Å². The van der Waals surface area contributed by atoms with Gasteiger partial charge < -0.3 is 9.47 Å². The van der Waals surface area contributed by atoms with Crippen molar-refractivity contribution in [3.05, 3.63) is 0 Å². The van der Waals surface area contributed by atoms with E-state index in [1.54, 1.807) is 6.92 Å². The molecule has 0 aliphatic heterocycles. The lowest BCUT2D eigenvalue weighted by Gasteiger charge is -2.62. The minimum Gasteiger partial charge on any atom is -0.463 e. The summed E-state index contributed by atoms with van der Waals surface area (Å²) in [6.45, 7) is 12.4. The number of carbonyl (C=O) groups excluding carboxylic acids is 3. The summed E-state index contributed by atoms with van der Waals surface area (Å²) in [4.78, 5) is 36.2. The maximum atomic E-state index is 12.4. The summed E-state index contributed by atoms with van der Waals surface area (Å²) in [5, 5.41) is 0.305. The molecule has 0 radical (unpaired) electrons. The highest BCUT2D eigenvalue weighted by molar-refractivity contribution is 8.13. The van der Waals surface area contributed by atoms with Crippen LogP contribution < -0.4 is 0 Å². The van der Waals surface area contributed by atoms with Crippen LogP contribution in [0.4, 0.5) is 0 Å². The molecule has 0 bridgehead atoms. The van der Waals surface area contributed by atoms with Gasteiger partial charge in [0.2, 0.25) is 0 Å². The number of carbonyl (C=O) groups is 3. The summed E-state index contributed by atoms with van der Waals surface area (Å²) in [6.07, 6.45) is 10.4. The molecule has 0 spiro atoms. The summed E-state index contributed by atoms with van der Waals surface area (Å²) >= 11 is 1.44. The summed E-state index contributed by atoms with van der Waals surface area (Å²) < 4.78 is 11.9. The van der Waals surface area contributed by atoms with Crippen molar-refractivity contribution in [3.63, 3.8) is 0 Å². The van der Waals surface area contributed by atoms with Crippen molar-refractivity contribution in [1.29, 1.82) is 0 Å². The van der Waals surface area contributed by atoms with Gasteiger partial charge in [0, 0.05) is 25.7 Å². The first-order chi connectivity index (χ1) is 17.0. The second-order valence-electron chi connectivity index (χ2n) is 12.9. The molecule has 6 heteroatoms. The number of thioether (sulfide) groups is 1. The fraction of sp³-hybridized carbons (Fsp3) is 0.900. The van der Waals surface area contributed by atoms with Crippen molar-refractivity contribution in [1.82, 2.24) is 0 Å². The zero-order valence-corrected chi connectivity index (χ0v) is 24.2. The van der Waals surface area contributed by atoms with Crippen LogP contribution in [-0.4, -0.2) is 35.0 Å². The summed E-state index contributed by atoms with van der Waals surface area (Å²) in [5.74, 6) is 3.80. The Morgan fingerprint density at radius 2 is 1.67 bits per heavy atom. The van der Waals surface area contributed by atoms with Crippen molar-refractivity contribution in [2.24, 2.45) is 46.3 Å². The van der Waals surface area contributed by atoms with Gasteiger partial charge in [0.05, 0.1) is 0 Å². The standard InChI is InChI=1S/C30H48O5S/c1-7-36-28(33)13-8-18(2)24-11-12-25-23-10-9-21-16-22(34-19(3)31)14-15-29(21,5)26(23)17-27(30(24,25)6)35-20(4)32/h18,21-27H,7-17H2,1-6H3. The molecule has 4 aliphatic rings. The normalized spacial score (nSPS) is 42.4. The van der Waals surface area contributed by atoms with Crippen molar-refractivity contribution in [2.45, 2.75) is 118 Å². The summed E-state index contributed by atoms with van der Waals surface area (Å²) in [7, 11) is 0. The molecule has 0 saturated heterocycles. The van der Waals surface area contributed by atoms with Crippen LogP contribution in [0.1, 0.15) is 106 Å². The van der Waals surface area contributed by atoms with E-state index in [0.29, 0.717) is 47.0 Å². The average Bonchev–Trinajstić information content (AvgIpc) is 3.16. The first-order valence-corrected chi connectivity index (χ1v) is 15.5. The fourth-order valence-electron chi connectivity index (χ4n) is 9.61. The molecular formula is C30H48O5S. The van der Waals surface area contributed by atoms with E-state index in [2.05, 4.69) is 20.8 Å². The molecule has 204 valence electrons. The van der Waals surface area contributed by atoms with E-state index < -0.39 is 0 Å². The third-order valence-corrected chi connectivity index (χ3v) is 12.0. The molecule has 0 aromatic heterocycles. The van der Waals surface area contributed by atoms with Crippen LogP contribution >= 0.6 is 11.8 Å². The van der Waals surface area contributed by atoms with Gasteiger partial charge in [-0.15, -0.1) is 0 Å². The molecule has 4 aliphatic carbocycles. The van der Waals surface area contributed by atoms with Crippen LogP contribution in [0, 0.1) is 46.3 Å². The maximum absolute atomic E-state index is 12.4. The first-order valence-electron chi connectivity index (χ1n) is 14.5. The number of ether oxygens (including phenoxy) is 2. The number of esters is 2. The molecule has 0 amide bonds. The van der Waals surface area contributed by atoms with E-state index in [9.17, 15) is 14.4 Å². The van der Waals surface area contributed by atoms with E-state index in [0.717, 1.165) is 37.9 Å². The van der Waals surface area contributed by atoms with Gasteiger partial charge in [0.1, 0.15) is 12.2 Å². The average molecular weight is 521 g/mol. The minimum absolute atomic E-state index is 0.0225. The molecule has 4 fully saturated rings. The zero-order chi connectivity index (χ0) is 26.3. The van der Waals surface area contributed by atoms with E-state index in [1.165, 1.54) is 44.4 Å². The second-order valence-corrected chi connectivity index (χ2v) is 14.2. The maximum Gasteiger partial charge on any atom is 0.302 e. The molecule has 0 heterocycles. The number of fused-ring (bicyclic) bond motifs is 5. The third-order valence-electron chi connectivity index (χ3n) is 11.2.